The van der Waals surface area contributed by atoms with Crippen LogP contribution in [0.3, 0.4) is 0 Å². The number of benzene rings is 2. The number of nitrogens with zero attached hydrogens (tertiary/aromatic N) is 4. The molecule has 1 saturated heterocycles. The zero-order chi connectivity index (χ0) is 24.3. The van der Waals surface area contributed by atoms with E-state index >= 15 is 0 Å². The molecule has 2 aromatic rings. The first-order valence-electron chi connectivity index (χ1n) is 11.1. The van der Waals surface area contributed by atoms with Gasteiger partial charge in [-0.1, -0.05) is 45.0 Å². The van der Waals surface area contributed by atoms with Crippen molar-refractivity contribution in [2.75, 3.05) is 38.1 Å². The number of piperazine rings is 1. The maximum absolute atomic E-state index is 13.0. The van der Waals surface area contributed by atoms with Crippen LogP contribution < -0.4 is 4.90 Å². The number of nitro benzene ring substituents is 1. The fourth-order valence-corrected chi connectivity index (χ4v) is 4.01. The van der Waals surface area contributed by atoms with Gasteiger partial charge in [0, 0.05) is 58.3 Å². The molecule has 0 bridgehead atoms. The molecule has 1 aliphatic heterocycles. The molecule has 176 valence electrons. The van der Waals surface area contributed by atoms with Gasteiger partial charge < -0.3 is 14.7 Å². The van der Waals surface area contributed by atoms with E-state index in [2.05, 4.69) is 32.9 Å². The quantitative estimate of drug-likeness (QED) is 0.508. The summed E-state index contributed by atoms with van der Waals surface area (Å²) in [6.07, 6.45) is 0. The number of hydrogen-bond donors (Lipinski definition) is 0. The van der Waals surface area contributed by atoms with Crippen molar-refractivity contribution >= 4 is 23.2 Å². The Morgan fingerprint density at radius 2 is 1.64 bits per heavy atom. The molecule has 2 aromatic carbocycles. The fourth-order valence-electron chi connectivity index (χ4n) is 4.01. The predicted molar refractivity (Wildman–Crippen MR) is 129 cm³/mol. The van der Waals surface area contributed by atoms with Crippen LogP contribution in [0.2, 0.25) is 0 Å². The van der Waals surface area contributed by atoms with Gasteiger partial charge in [0.2, 0.25) is 5.91 Å². The molecule has 0 N–H and O–H groups in total. The Morgan fingerprint density at radius 1 is 1.03 bits per heavy atom. The summed E-state index contributed by atoms with van der Waals surface area (Å²) in [5, 5.41) is 11.8. The van der Waals surface area contributed by atoms with Crippen molar-refractivity contribution < 1.29 is 14.5 Å². The van der Waals surface area contributed by atoms with Gasteiger partial charge in [-0.25, -0.2) is 0 Å². The van der Waals surface area contributed by atoms with Crippen LogP contribution in [0, 0.1) is 10.1 Å². The average molecular weight is 453 g/mol. The second kappa shape index (κ2) is 9.60. The van der Waals surface area contributed by atoms with Gasteiger partial charge in [-0.05, 0) is 28.7 Å². The lowest BCUT2D eigenvalue weighted by atomic mass is 9.87. The lowest BCUT2D eigenvalue weighted by Gasteiger charge is -2.35. The summed E-state index contributed by atoms with van der Waals surface area (Å²) < 4.78 is 0. The summed E-state index contributed by atoms with van der Waals surface area (Å²) in [5.74, 6) is -0.271. The summed E-state index contributed by atoms with van der Waals surface area (Å²) in [6, 6.07) is 12.8. The Hall–Kier alpha value is -3.42. The Labute approximate surface area is 194 Å². The van der Waals surface area contributed by atoms with Crippen LogP contribution in [0.5, 0.6) is 0 Å². The molecule has 8 nitrogen and oxygen atoms in total. The maximum Gasteiger partial charge on any atom is 0.293 e. The first-order valence-corrected chi connectivity index (χ1v) is 11.1. The highest BCUT2D eigenvalue weighted by molar-refractivity contribution is 5.95. The second-order valence-electron chi connectivity index (χ2n) is 9.56. The number of rotatable bonds is 5. The standard InChI is InChI=1S/C25H32N4O4/c1-18(30)27-12-14-28(15-13-27)22-11-8-20(16-23(22)29(32)33)24(31)26(5)17-19-6-9-21(10-7-19)25(2,3)4/h6-11,16H,12-15,17H2,1-5H3. The van der Waals surface area contributed by atoms with Gasteiger partial charge in [-0.15, -0.1) is 0 Å². The van der Waals surface area contributed by atoms with Crippen molar-refractivity contribution in [3.05, 3.63) is 69.3 Å². The molecule has 1 aliphatic rings. The van der Waals surface area contributed by atoms with Crippen LogP contribution in [0.15, 0.2) is 42.5 Å². The molecular formula is C25H32N4O4. The van der Waals surface area contributed by atoms with E-state index in [1.165, 1.54) is 18.6 Å². The molecule has 0 aromatic heterocycles. The summed E-state index contributed by atoms with van der Waals surface area (Å²) in [7, 11) is 1.70. The minimum Gasteiger partial charge on any atom is -0.362 e. The zero-order valence-electron chi connectivity index (χ0n) is 20.0. The van der Waals surface area contributed by atoms with E-state index in [9.17, 15) is 19.7 Å². The average Bonchev–Trinajstić information content (AvgIpc) is 2.78. The molecule has 0 aliphatic carbocycles. The molecule has 0 radical (unpaired) electrons. The smallest absolute Gasteiger partial charge is 0.293 e. The molecule has 3 rings (SSSR count). The highest BCUT2D eigenvalue weighted by Gasteiger charge is 2.26. The number of hydrogen-bond acceptors (Lipinski definition) is 5. The maximum atomic E-state index is 13.0. The molecule has 1 fully saturated rings. The number of carbonyl (C=O) groups is 2. The van der Waals surface area contributed by atoms with Crippen LogP contribution >= 0.6 is 0 Å². The second-order valence-corrected chi connectivity index (χ2v) is 9.56. The van der Waals surface area contributed by atoms with E-state index in [-0.39, 0.29) is 28.5 Å². The van der Waals surface area contributed by atoms with E-state index in [0.717, 1.165) is 5.56 Å². The van der Waals surface area contributed by atoms with E-state index < -0.39 is 4.92 Å². The molecule has 0 spiro atoms. The van der Waals surface area contributed by atoms with E-state index in [1.807, 2.05) is 17.0 Å². The van der Waals surface area contributed by atoms with Crippen molar-refractivity contribution in [2.45, 2.75) is 39.7 Å². The Morgan fingerprint density at radius 3 is 2.15 bits per heavy atom. The Balaban J connectivity index is 1.74. The van der Waals surface area contributed by atoms with Crippen LogP contribution in [-0.2, 0) is 16.8 Å². The van der Waals surface area contributed by atoms with Crippen LogP contribution in [0.4, 0.5) is 11.4 Å². The predicted octanol–water partition coefficient (Wildman–Crippen LogP) is 3.83. The highest BCUT2D eigenvalue weighted by Crippen LogP contribution is 2.31. The number of carbonyl (C=O) groups excluding carboxylic acids is 2. The van der Waals surface area contributed by atoms with Crippen molar-refractivity contribution in [2.24, 2.45) is 0 Å². The van der Waals surface area contributed by atoms with Crippen LogP contribution in [0.25, 0.3) is 0 Å². The monoisotopic (exact) mass is 452 g/mol. The molecule has 33 heavy (non-hydrogen) atoms. The lowest BCUT2D eigenvalue weighted by molar-refractivity contribution is -0.384. The molecule has 0 saturated carbocycles. The van der Waals surface area contributed by atoms with Crippen molar-refractivity contribution in [3.63, 3.8) is 0 Å². The van der Waals surface area contributed by atoms with Crippen molar-refractivity contribution in [3.8, 4) is 0 Å². The van der Waals surface area contributed by atoms with Gasteiger partial charge in [0.25, 0.3) is 11.6 Å². The molecule has 0 unspecified atom stereocenters. The fraction of sp³-hybridized carbons (Fsp3) is 0.440. The van der Waals surface area contributed by atoms with Gasteiger partial charge >= 0.3 is 0 Å². The first-order chi connectivity index (χ1) is 15.5. The zero-order valence-corrected chi connectivity index (χ0v) is 20.0. The third kappa shape index (κ3) is 5.69. The third-order valence-corrected chi connectivity index (χ3v) is 6.07. The van der Waals surface area contributed by atoms with Gasteiger partial charge in [0.15, 0.2) is 0 Å². The Bertz CT molecular complexity index is 1040. The van der Waals surface area contributed by atoms with Gasteiger partial charge in [0.1, 0.15) is 5.69 Å². The summed E-state index contributed by atoms with van der Waals surface area (Å²) >= 11 is 0. The summed E-state index contributed by atoms with van der Waals surface area (Å²) in [5.41, 5.74) is 2.92. The molecule has 8 heteroatoms. The number of anilines is 1. The highest BCUT2D eigenvalue weighted by atomic mass is 16.6. The minimum atomic E-state index is -0.450. The lowest BCUT2D eigenvalue weighted by Crippen LogP contribution is -2.48. The third-order valence-electron chi connectivity index (χ3n) is 6.07. The van der Waals surface area contributed by atoms with E-state index in [1.54, 1.807) is 29.0 Å². The Kier molecular flexibility index (Phi) is 7.05. The molecule has 0 atom stereocenters. The topological polar surface area (TPSA) is 87.0 Å². The van der Waals surface area contributed by atoms with E-state index in [0.29, 0.717) is 38.4 Å². The van der Waals surface area contributed by atoms with Crippen LogP contribution in [0.1, 0.15) is 49.2 Å². The van der Waals surface area contributed by atoms with Gasteiger partial charge in [0.05, 0.1) is 4.92 Å². The number of nitro groups is 1. The molecule has 1 heterocycles. The number of amides is 2. The molecule has 2 amide bonds. The van der Waals surface area contributed by atoms with E-state index in [4.69, 9.17) is 0 Å². The largest absolute Gasteiger partial charge is 0.362 e. The minimum absolute atomic E-state index is 0.00109. The SMILES string of the molecule is CC(=O)N1CCN(c2ccc(C(=O)N(C)Cc3ccc(C(C)(C)C)cc3)cc2[N+](=O)[O-])CC1. The van der Waals surface area contributed by atoms with Crippen LogP contribution in [-0.4, -0.2) is 59.8 Å². The summed E-state index contributed by atoms with van der Waals surface area (Å²) in [6.45, 7) is 10.4. The first kappa shape index (κ1) is 24.2. The summed E-state index contributed by atoms with van der Waals surface area (Å²) in [4.78, 5) is 41.1. The van der Waals surface area contributed by atoms with Crippen molar-refractivity contribution in [1.29, 1.82) is 0 Å². The van der Waals surface area contributed by atoms with Crippen molar-refractivity contribution in [1.82, 2.24) is 9.80 Å². The van der Waals surface area contributed by atoms with Gasteiger partial charge in [-0.2, -0.15) is 0 Å². The molecular weight excluding hydrogens is 420 g/mol. The normalized spacial score (nSPS) is 14.2. The van der Waals surface area contributed by atoms with Gasteiger partial charge in [-0.3, -0.25) is 19.7 Å².